The van der Waals surface area contributed by atoms with Crippen LogP contribution in [0.3, 0.4) is 0 Å². The molecule has 1 heterocycles. The Morgan fingerprint density at radius 3 is 2.76 bits per heavy atom. The Kier molecular flexibility index (Phi) is 3.50. The molecule has 0 fully saturated rings. The number of hydrazine groups is 1. The molecule has 0 atom stereocenters. The number of pyridine rings is 1. The average molecular weight is 236 g/mol. The van der Waals surface area contributed by atoms with Crippen LogP contribution in [0.5, 0.6) is 5.88 Å². The molecule has 17 heavy (non-hydrogen) atoms. The summed E-state index contributed by atoms with van der Waals surface area (Å²) in [6.45, 7) is 3.28. The summed E-state index contributed by atoms with van der Waals surface area (Å²) in [5.41, 5.74) is 1.13. The topological polar surface area (TPSA) is 103 Å². The van der Waals surface area contributed by atoms with Crippen LogP contribution in [0.15, 0.2) is 12.1 Å². The minimum atomic E-state index is -0.909. The summed E-state index contributed by atoms with van der Waals surface area (Å²) >= 11 is 0. The molecule has 0 radical (unpaired) electrons. The van der Waals surface area contributed by atoms with Gasteiger partial charge < -0.3 is 10.2 Å². The van der Waals surface area contributed by atoms with Gasteiger partial charge in [-0.1, -0.05) is 5.92 Å². The third kappa shape index (κ3) is 3.32. The lowest BCUT2D eigenvalue weighted by Crippen LogP contribution is -2.26. The van der Waals surface area contributed by atoms with Crippen molar-refractivity contribution >= 4 is 11.5 Å². The van der Waals surface area contributed by atoms with Gasteiger partial charge in [-0.05, 0) is 13.8 Å². The Hall–Kier alpha value is -2.33. The molecular weight excluding hydrogens is 224 g/mol. The van der Waals surface area contributed by atoms with Crippen molar-refractivity contribution in [3.05, 3.63) is 22.2 Å². The van der Waals surface area contributed by atoms with Gasteiger partial charge >= 0.3 is 0 Å². The first-order valence-electron chi connectivity index (χ1n) is 4.68. The number of rotatable bonds is 4. The van der Waals surface area contributed by atoms with Crippen molar-refractivity contribution in [2.24, 2.45) is 5.84 Å². The van der Waals surface area contributed by atoms with Crippen molar-refractivity contribution in [3.8, 4) is 18.2 Å². The van der Waals surface area contributed by atoms with Gasteiger partial charge in [0.05, 0.1) is 17.1 Å². The van der Waals surface area contributed by atoms with E-state index in [9.17, 15) is 10.1 Å². The van der Waals surface area contributed by atoms with E-state index in [1.165, 1.54) is 12.1 Å². The first kappa shape index (κ1) is 12.7. The number of hydrogen-bond acceptors (Lipinski definition) is 6. The summed E-state index contributed by atoms with van der Waals surface area (Å²) in [6.07, 6.45) is 5.25. The van der Waals surface area contributed by atoms with E-state index in [4.69, 9.17) is 17.0 Å². The van der Waals surface area contributed by atoms with E-state index in [2.05, 4.69) is 16.3 Å². The Labute approximate surface area is 98.1 Å². The zero-order valence-electron chi connectivity index (χ0n) is 9.43. The zero-order chi connectivity index (χ0) is 13.1. The van der Waals surface area contributed by atoms with Gasteiger partial charge in [0.2, 0.25) is 5.88 Å². The molecule has 0 amide bonds. The second kappa shape index (κ2) is 4.67. The highest BCUT2D eigenvalue weighted by molar-refractivity contribution is 5.47. The summed E-state index contributed by atoms with van der Waals surface area (Å²) < 4.78 is 5.34. The number of anilines is 1. The molecule has 0 bridgehead atoms. The fourth-order valence-electron chi connectivity index (χ4n) is 1.01. The third-order valence-corrected chi connectivity index (χ3v) is 1.85. The zero-order valence-corrected chi connectivity index (χ0v) is 9.43. The van der Waals surface area contributed by atoms with Crippen LogP contribution in [-0.4, -0.2) is 15.5 Å². The summed E-state index contributed by atoms with van der Waals surface area (Å²) in [4.78, 5) is 14.0. The molecule has 0 spiro atoms. The third-order valence-electron chi connectivity index (χ3n) is 1.85. The summed E-state index contributed by atoms with van der Waals surface area (Å²) in [6, 6.07) is 2.37. The number of terminal acetylenes is 1. The highest BCUT2D eigenvalue weighted by atomic mass is 16.6. The van der Waals surface area contributed by atoms with Crippen LogP contribution in [0.1, 0.15) is 13.8 Å². The highest BCUT2D eigenvalue weighted by Crippen LogP contribution is 2.24. The van der Waals surface area contributed by atoms with E-state index in [1.807, 2.05) is 0 Å². The molecule has 0 aliphatic heterocycles. The van der Waals surface area contributed by atoms with Crippen LogP contribution < -0.4 is 16.0 Å². The van der Waals surface area contributed by atoms with Crippen LogP contribution in [0, 0.1) is 22.5 Å². The molecule has 7 nitrogen and oxygen atoms in total. The molecule has 1 aromatic heterocycles. The number of nitrogen functional groups attached to an aromatic ring is 1. The van der Waals surface area contributed by atoms with Gasteiger partial charge in [-0.3, -0.25) is 10.1 Å². The van der Waals surface area contributed by atoms with E-state index >= 15 is 0 Å². The minimum absolute atomic E-state index is 0.0371. The lowest BCUT2D eigenvalue weighted by molar-refractivity contribution is -0.384. The van der Waals surface area contributed by atoms with Crippen molar-refractivity contribution in [2.45, 2.75) is 19.4 Å². The van der Waals surface area contributed by atoms with E-state index in [-0.39, 0.29) is 17.4 Å². The molecule has 0 aliphatic rings. The van der Waals surface area contributed by atoms with Crippen molar-refractivity contribution in [2.75, 3.05) is 5.43 Å². The van der Waals surface area contributed by atoms with Crippen molar-refractivity contribution < 1.29 is 9.66 Å². The van der Waals surface area contributed by atoms with E-state index in [0.717, 1.165) is 0 Å². The number of hydrogen-bond donors (Lipinski definition) is 2. The molecule has 0 aliphatic carbocycles. The molecule has 1 rings (SSSR count). The maximum absolute atomic E-state index is 10.7. The van der Waals surface area contributed by atoms with Gasteiger partial charge in [0.1, 0.15) is 0 Å². The van der Waals surface area contributed by atoms with Crippen LogP contribution >= 0.6 is 0 Å². The maximum atomic E-state index is 10.7. The Bertz CT molecular complexity index is 479. The number of nitro groups is 1. The number of nitrogens with two attached hydrogens (primary N) is 1. The van der Waals surface area contributed by atoms with Gasteiger partial charge in [-0.15, -0.1) is 6.42 Å². The van der Waals surface area contributed by atoms with E-state index in [0.29, 0.717) is 0 Å². The predicted molar refractivity (Wildman–Crippen MR) is 62.2 cm³/mol. The Balaban J connectivity index is 3.12. The number of nitrogens with zero attached hydrogens (tertiary/aromatic N) is 2. The molecule has 90 valence electrons. The van der Waals surface area contributed by atoms with Crippen LogP contribution in [0.2, 0.25) is 0 Å². The molecular formula is C10H12N4O3. The lowest BCUT2D eigenvalue weighted by atomic mass is 10.1. The highest BCUT2D eigenvalue weighted by Gasteiger charge is 2.19. The summed E-state index contributed by atoms with van der Waals surface area (Å²) in [7, 11) is 0. The largest absolute Gasteiger partial charge is 0.458 e. The molecule has 0 aromatic carbocycles. The second-order valence-electron chi connectivity index (χ2n) is 3.71. The van der Waals surface area contributed by atoms with Gasteiger partial charge in [-0.25, -0.2) is 5.84 Å². The summed E-state index contributed by atoms with van der Waals surface area (Å²) in [5, 5.41) is 10.7. The normalized spacial score (nSPS) is 10.5. The molecule has 0 unspecified atom stereocenters. The van der Waals surface area contributed by atoms with Gasteiger partial charge in [0.15, 0.2) is 11.4 Å². The number of aromatic nitrogens is 1. The van der Waals surface area contributed by atoms with Gasteiger partial charge in [0, 0.05) is 0 Å². The molecule has 7 heteroatoms. The van der Waals surface area contributed by atoms with Crippen LogP contribution in [0.25, 0.3) is 0 Å². The molecule has 0 saturated heterocycles. The average Bonchev–Trinajstić information content (AvgIpc) is 2.28. The predicted octanol–water partition coefficient (Wildman–Crippen LogP) is 1.07. The van der Waals surface area contributed by atoms with E-state index < -0.39 is 10.5 Å². The Morgan fingerprint density at radius 1 is 1.65 bits per heavy atom. The van der Waals surface area contributed by atoms with Crippen LogP contribution in [-0.2, 0) is 0 Å². The first-order valence-corrected chi connectivity index (χ1v) is 4.68. The Morgan fingerprint density at radius 2 is 2.29 bits per heavy atom. The first-order chi connectivity index (χ1) is 7.88. The number of nitrogens with one attached hydrogen (secondary N) is 1. The SMILES string of the molecule is C#CC(C)(C)Oc1cc([N+](=O)[O-])cc(NN)n1. The monoisotopic (exact) mass is 236 g/mol. The van der Waals surface area contributed by atoms with Crippen molar-refractivity contribution in [1.29, 1.82) is 0 Å². The quantitative estimate of drug-likeness (QED) is 0.350. The minimum Gasteiger partial charge on any atom is -0.458 e. The van der Waals surface area contributed by atoms with Crippen molar-refractivity contribution in [3.63, 3.8) is 0 Å². The molecule has 1 aromatic rings. The summed E-state index contributed by atoms with van der Waals surface area (Å²) in [5.74, 6) is 7.71. The van der Waals surface area contributed by atoms with E-state index in [1.54, 1.807) is 13.8 Å². The number of ether oxygens (including phenoxy) is 1. The lowest BCUT2D eigenvalue weighted by Gasteiger charge is -2.19. The van der Waals surface area contributed by atoms with Crippen molar-refractivity contribution in [1.82, 2.24) is 4.98 Å². The molecule has 3 N–H and O–H groups in total. The fraction of sp³-hybridized carbons (Fsp3) is 0.300. The fourth-order valence-corrected chi connectivity index (χ4v) is 1.01. The smallest absolute Gasteiger partial charge is 0.278 e. The van der Waals surface area contributed by atoms with Crippen LogP contribution in [0.4, 0.5) is 11.5 Å². The molecule has 0 saturated carbocycles. The maximum Gasteiger partial charge on any atom is 0.278 e. The second-order valence-corrected chi connectivity index (χ2v) is 3.71. The van der Waals surface area contributed by atoms with Gasteiger partial charge in [0.25, 0.3) is 5.69 Å². The standard InChI is InChI=1S/C10H12N4O3/c1-4-10(2,3)17-9-6-7(14(15)16)5-8(12-9)13-11/h1,5-6H,11H2,2-3H3,(H,12,13). The van der Waals surface area contributed by atoms with Gasteiger partial charge in [-0.2, -0.15) is 4.98 Å².